The molecule has 0 aliphatic carbocycles. The molecule has 0 aromatic heterocycles. The molecule has 0 radical (unpaired) electrons. The summed E-state index contributed by atoms with van der Waals surface area (Å²) in [6, 6.07) is 9.36. The topological polar surface area (TPSA) is 81.8 Å². The monoisotopic (exact) mass is 346 g/mol. The molecule has 0 atom stereocenters. The van der Waals surface area contributed by atoms with E-state index in [9.17, 15) is 19.3 Å². The van der Waals surface area contributed by atoms with Crippen LogP contribution in [0.2, 0.25) is 5.02 Å². The van der Waals surface area contributed by atoms with Gasteiger partial charge < -0.3 is 4.74 Å². The van der Waals surface area contributed by atoms with Crippen molar-refractivity contribution in [1.82, 2.24) is 0 Å². The van der Waals surface area contributed by atoms with E-state index in [1.54, 1.807) is 0 Å². The summed E-state index contributed by atoms with van der Waals surface area (Å²) in [5.74, 6) is -1.04. The highest BCUT2D eigenvalue weighted by Gasteiger charge is 2.24. The van der Waals surface area contributed by atoms with Gasteiger partial charge >= 0.3 is 5.97 Å². The van der Waals surface area contributed by atoms with Crippen LogP contribution >= 0.6 is 11.6 Å². The maximum Gasteiger partial charge on any atom is 0.363 e. The summed E-state index contributed by atoms with van der Waals surface area (Å²) in [5.41, 5.74) is 0.694. The first kappa shape index (κ1) is 15.8. The molecule has 2 aromatic carbocycles. The third kappa shape index (κ3) is 3.16. The zero-order valence-corrected chi connectivity index (χ0v) is 12.7. The number of esters is 1. The van der Waals surface area contributed by atoms with Crippen LogP contribution in [0, 0.1) is 15.9 Å². The van der Waals surface area contributed by atoms with Gasteiger partial charge in [0, 0.05) is 11.6 Å². The number of hydrogen-bond acceptors (Lipinski definition) is 5. The number of cyclic esters (lactones) is 1. The van der Waals surface area contributed by atoms with Gasteiger partial charge in [0.25, 0.3) is 5.69 Å². The number of benzene rings is 2. The average molecular weight is 347 g/mol. The summed E-state index contributed by atoms with van der Waals surface area (Å²) >= 11 is 5.83. The standard InChI is InChI=1S/C16H8ClFN2O4/c17-12-7-9(1-6-14(12)20(22)23)8-13-16(21)24-15(19-13)10-2-4-11(18)5-3-10/h1-8H. The molecule has 8 heteroatoms. The molecule has 6 nitrogen and oxygen atoms in total. The van der Waals surface area contributed by atoms with Crippen LogP contribution in [-0.2, 0) is 9.53 Å². The summed E-state index contributed by atoms with van der Waals surface area (Å²) in [5, 5.41) is 10.7. The molecule has 0 fully saturated rings. The SMILES string of the molecule is O=C1OC(c2ccc(F)cc2)=NC1=Cc1ccc([N+](=O)[O-])c(Cl)c1. The molecule has 0 amide bonds. The summed E-state index contributed by atoms with van der Waals surface area (Å²) < 4.78 is 18.0. The Bertz CT molecular complexity index is 907. The lowest BCUT2D eigenvalue weighted by molar-refractivity contribution is -0.384. The van der Waals surface area contributed by atoms with Crippen molar-refractivity contribution in [1.29, 1.82) is 0 Å². The minimum absolute atomic E-state index is 0.0132. The maximum atomic E-state index is 12.9. The van der Waals surface area contributed by atoms with Crippen LogP contribution in [0.3, 0.4) is 0 Å². The number of ether oxygens (including phenoxy) is 1. The minimum atomic E-state index is -0.677. The first-order valence-corrected chi connectivity index (χ1v) is 7.04. The Hall–Kier alpha value is -3.06. The van der Waals surface area contributed by atoms with Gasteiger partial charge in [-0.25, -0.2) is 14.2 Å². The summed E-state index contributed by atoms with van der Waals surface area (Å²) in [6.07, 6.45) is 1.40. The molecule has 3 rings (SSSR count). The molecule has 0 saturated carbocycles. The molecule has 0 saturated heterocycles. The van der Waals surface area contributed by atoms with Crippen LogP contribution in [-0.4, -0.2) is 16.8 Å². The van der Waals surface area contributed by atoms with E-state index < -0.39 is 16.7 Å². The van der Waals surface area contributed by atoms with Crippen molar-refractivity contribution in [2.24, 2.45) is 4.99 Å². The largest absolute Gasteiger partial charge is 0.402 e. The lowest BCUT2D eigenvalue weighted by Gasteiger charge is -1.98. The van der Waals surface area contributed by atoms with E-state index in [0.717, 1.165) is 0 Å². The first-order valence-electron chi connectivity index (χ1n) is 6.66. The maximum absolute atomic E-state index is 12.9. The second-order valence-corrected chi connectivity index (χ2v) is 5.22. The number of carbonyl (C=O) groups excluding carboxylic acids is 1. The first-order chi connectivity index (χ1) is 11.4. The van der Waals surface area contributed by atoms with Gasteiger partial charge in [-0.15, -0.1) is 0 Å². The molecule has 1 heterocycles. The number of hydrogen-bond donors (Lipinski definition) is 0. The summed E-state index contributed by atoms with van der Waals surface area (Å²) in [4.78, 5) is 26.1. The quantitative estimate of drug-likeness (QED) is 0.367. The molecular weight excluding hydrogens is 339 g/mol. The Kier molecular flexibility index (Phi) is 4.09. The fourth-order valence-corrected chi connectivity index (χ4v) is 2.30. The van der Waals surface area contributed by atoms with Gasteiger partial charge in [0.1, 0.15) is 10.8 Å². The van der Waals surface area contributed by atoms with E-state index in [2.05, 4.69) is 4.99 Å². The second kappa shape index (κ2) is 6.21. The number of nitro groups is 1. The molecule has 1 aliphatic heterocycles. The van der Waals surface area contributed by atoms with Crippen molar-refractivity contribution in [3.05, 3.63) is 80.2 Å². The van der Waals surface area contributed by atoms with E-state index in [4.69, 9.17) is 16.3 Å². The van der Waals surface area contributed by atoms with Gasteiger partial charge in [0.15, 0.2) is 5.70 Å². The Morgan fingerprint density at radius 3 is 2.54 bits per heavy atom. The third-order valence-electron chi connectivity index (χ3n) is 3.18. The number of nitro benzene ring substituents is 1. The number of aliphatic imine (C=N–C) groups is 1. The zero-order chi connectivity index (χ0) is 17.3. The highest BCUT2D eigenvalue weighted by atomic mass is 35.5. The van der Waals surface area contributed by atoms with Crippen LogP contribution in [0.4, 0.5) is 10.1 Å². The van der Waals surface area contributed by atoms with Crippen molar-refractivity contribution < 1.29 is 18.8 Å². The molecule has 2 aromatic rings. The van der Waals surface area contributed by atoms with Gasteiger partial charge in [-0.3, -0.25) is 10.1 Å². The third-order valence-corrected chi connectivity index (χ3v) is 3.49. The van der Waals surface area contributed by atoms with Crippen LogP contribution < -0.4 is 0 Å². The Balaban J connectivity index is 1.92. The van der Waals surface area contributed by atoms with Crippen molar-refractivity contribution in [2.75, 3.05) is 0 Å². The van der Waals surface area contributed by atoms with Gasteiger partial charge in [-0.2, -0.15) is 0 Å². The average Bonchev–Trinajstić information content (AvgIpc) is 2.88. The highest BCUT2D eigenvalue weighted by molar-refractivity contribution is 6.32. The zero-order valence-electron chi connectivity index (χ0n) is 11.9. The van der Waals surface area contributed by atoms with E-state index in [0.29, 0.717) is 11.1 Å². The van der Waals surface area contributed by atoms with Crippen LogP contribution in [0.25, 0.3) is 6.08 Å². The van der Waals surface area contributed by atoms with Crippen molar-refractivity contribution >= 4 is 35.2 Å². The Morgan fingerprint density at radius 2 is 1.92 bits per heavy atom. The van der Waals surface area contributed by atoms with Gasteiger partial charge in [0.05, 0.1) is 4.92 Å². The second-order valence-electron chi connectivity index (χ2n) is 4.81. The Morgan fingerprint density at radius 1 is 1.21 bits per heavy atom. The minimum Gasteiger partial charge on any atom is -0.402 e. The van der Waals surface area contributed by atoms with E-state index >= 15 is 0 Å². The van der Waals surface area contributed by atoms with Gasteiger partial charge in [-0.1, -0.05) is 11.6 Å². The van der Waals surface area contributed by atoms with Crippen molar-refractivity contribution in [3.8, 4) is 0 Å². The van der Waals surface area contributed by atoms with E-state index in [1.807, 2.05) is 0 Å². The van der Waals surface area contributed by atoms with Gasteiger partial charge in [0.2, 0.25) is 5.90 Å². The van der Waals surface area contributed by atoms with Crippen LogP contribution in [0.5, 0.6) is 0 Å². The molecule has 0 spiro atoms. The molecule has 24 heavy (non-hydrogen) atoms. The number of rotatable bonds is 3. The molecular formula is C16H8ClFN2O4. The molecule has 0 bridgehead atoms. The summed E-state index contributed by atoms with van der Waals surface area (Å²) in [7, 11) is 0. The highest BCUT2D eigenvalue weighted by Crippen LogP contribution is 2.27. The smallest absolute Gasteiger partial charge is 0.363 e. The van der Waals surface area contributed by atoms with E-state index in [-0.39, 0.29) is 22.3 Å². The molecule has 1 aliphatic rings. The van der Waals surface area contributed by atoms with Gasteiger partial charge in [-0.05, 0) is 48.0 Å². The fraction of sp³-hybridized carbons (Fsp3) is 0. The fourth-order valence-electron chi connectivity index (χ4n) is 2.04. The predicted molar refractivity (Wildman–Crippen MR) is 85.1 cm³/mol. The van der Waals surface area contributed by atoms with Crippen LogP contribution in [0.15, 0.2) is 53.2 Å². The van der Waals surface area contributed by atoms with Crippen molar-refractivity contribution in [2.45, 2.75) is 0 Å². The molecule has 0 unspecified atom stereocenters. The molecule has 120 valence electrons. The normalized spacial score (nSPS) is 15.3. The lowest BCUT2D eigenvalue weighted by Crippen LogP contribution is -2.05. The molecule has 0 N–H and O–H groups in total. The van der Waals surface area contributed by atoms with Crippen LogP contribution in [0.1, 0.15) is 11.1 Å². The number of halogens is 2. The Labute approximate surface area is 140 Å². The lowest BCUT2D eigenvalue weighted by atomic mass is 10.2. The number of nitrogens with zero attached hydrogens (tertiary/aromatic N) is 2. The summed E-state index contributed by atoms with van der Waals surface area (Å²) in [6.45, 7) is 0. The van der Waals surface area contributed by atoms with E-state index in [1.165, 1.54) is 48.5 Å². The number of carbonyl (C=O) groups is 1. The predicted octanol–water partition coefficient (Wildman–Crippen LogP) is 3.73. The van der Waals surface area contributed by atoms with Crippen molar-refractivity contribution in [3.63, 3.8) is 0 Å².